The maximum atomic E-state index is 10.1. The lowest BCUT2D eigenvalue weighted by molar-refractivity contribution is -0.172. The van der Waals surface area contributed by atoms with Crippen LogP contribution in [0.1, 0.15) is 0 Å². The molecule has 0 aliphatic heterocycles. The summed E-state index contributed by atoms with van der Waals surface area (Å²) in [5.74, 6) is -3.68. The van der Waals surface area contributed by atoms with E-state index in [0.717, 1.165) is 0 Å². The van der Waals surface area contributed by atoms with Gasteiger partial charge in [-0.05, 0) is 0 Å². The molecule has 0 bridgehead atoms. The van der Waals surface area contributed by atoms with Gasteiger partial charge in [-0.15, -0.1) is 0 Å². The van der Waals surface area contributed by atoms with E-state index in [0.29, 0.717) is 0 Å². The Balaban J connectivity index is 0. The second-order valence-corrected chi connectivity index (χ2v) is 2.55. The molecule has 0 aromatic rings. The summed E-state index contributed by atoms with van der Waals surface area (Å²) < 4.78 is 0. The molecule has 0 heterocycles. The maximum Gasteiger partial charge on any atom is 0.335 e. The molecule has 0 fully saturated rings. The quantitative estimate of drug-likeness (QED) is 0.282. The minimum atomic E-state index is -2.36. The Morgan fingerprint density at radius 2 is 0.933 bits per heavy atom. The number of hydrogen-bond acceptors (Lipinski definition) is 6. The van der Waals surface area contributed by atoms with Crippen molar-refractivity contribution in [3.63, 3.8) is 0 Å². The highest BCUT2D eigenvalue weighted by Crippen LogP contribution is 2.05. The van der Waals surface area contributed by atoms with E-state index in [1.165, 1.54) is 0 Å². The molecule has 8 heteroatoms. The van der Waals surface area contributed by atoms with Crippen LogP contribution in [-0.4, -0.2) is 67.0 Å². The average molecular weight is 222 g/mol. The molecule has 0 spiro atoms. The van der Waals surface area contributed by atoms with Gasteiger partial charge in [0.15, 0.2) is 12.2 Å². The Hall–Kier alpha value is -1.22. The van der Waals surface area contributed by atoms with Crippen LogP contribution in [0.2, 0.25) is 0 Å². The van der Waals surface area contributed by atoms with Crippen LogP contribution in [-0.2, 0) is 9.59 Å². The van der Waals surface area contributed by atoms with Crippen molar-refractivity contribution in [3.8, 4) is 0 Å². The van der Waals surface area contributed by atoms with E-state index in [1.807, 2.05) is 0 Å². The van der Waals surface area contributed by atoms with Gasteiger partial charge < -0.3 is 30.6 Å². The molecule has 0 aromatic carbocycles. The maximum absolute atomic E-state index is 10.1. The van der Waals surface area contributed by atoms with Gasteiger partial charge in [0, 0.05) is 7.43 Å². The largest absolute Gasteiger partial charge is 0.479 e. The second kappa shape index (κ2) is 6.30. The average Bonchev–Trinajstić information content (AvgIpc) is 2.12. The van der Waals surface area contributed by atoms with Crippen LogP contribution in [0.5, 0.6) is 0 Å². The first-order valence-corrected chi connectivity index (χ1v) is 3.47. The van der Waals surface area contributed by atoms with Crippen LogP contribution in [0.3, 0.4) is 0 Å². The molecule has 0 aromatic heterocycles. The van der Waals surface area contributed by atoms with Crippen molar-refractivity contribution >= 4 is 11.9 Å². The minimum Gasteiger partial charge on any atom is -0.479 e. The fourth-order valence-corrected chi connectivity index (χ4v) is 0.666. The summed E-state index contributed by atoms with van der Waals surface area (Å²) in [4.78, 5) is 20.2. The van der Waals surface area contributed by atoms with Crippen molar-refractivity contribution < 1.29 is 40.2 Å². The van der Waals surface area contributed by atoms with Crippen LogP contribution in [0.25, 0.3) is 0 Å². The molecule has 6 N–H and O–H groups in total. The zero-order valence-corrected chi connectivity index (χ0v) is 7.31. The summed E-state index contributed by atoms with van der Waals surface area (Å²) in [5.41, 5.74) is 0. The lowest BCUT2D eigenvalue weighted by Crippen LogP contribution is -2.49. The molecular weight excluding hydrogens is 212 g/mol. The summed E-state index contributed by atoms with van der Waals surface area (Å²) in [7, 11) is 0. The van der Waals surface area contributed by atoms with Gasteiger partial charge >= 0.3 is 11.9 Å². The van der Waals surface area contributed by atoms with E-state index < -0.39 is 36.4 Å². The number of carboxylic acids is 2. The van der Waals surface area contributed by atoms with Gasteiger partial charge in [-0.3, -0.25) is 0 Å². The lowest BCUT2D eigenvalue weighted by atomic mass is 10.0. The van der Waals surface area contributed by atoms with Gasteiger partial charge in [-0.25, -0.2) is 9.59 Å². The van der Waals surface area contributed by atoms with Crippen LogP contribution in [0, 0.1) is 7.43 Å². The monoisotopic (exact) mass is 222 g/mol. The minimum absolute atomic E-state index is 0. The second-order valence-electron chi connectivity index (χ2n) is 2.55. The van der Waals surface area contributed by atoms with Gasteiger partial charge in [0.1, 0.15) is 12.2 Å². The molecule has 0 saturated carbocycles. The highest BCUT2D eigenvalue weighted by molar-refractivity contribution is 5.75. The number of aliphatic hydroxyl groups excluding tert-OH is 4. The molecule has 15 heavy (non-hydrogen) atoms. The lowest BCUT2D eigenvalue weighted by Gasteiger charge is -2.21. The van der Waals surface area contributed by atoms with Gasteiger partial charge in [-0.2, -0.15) is 0 Å². The number of carboxylic acid groups (broad SMARTS) is 2. The topological polar surface area (TPSA) is 156 Å². The molecule has 0 unspecified atom stereocenters. The third-order valence-corrected chi connectivity index (χ3v) is 1.50. The third-order valence-electron chi connectivity index (χ3n) is 1.50. The summed E-state index contributed by atoms with van der Waals surface area (Å²) in [6.45, 7) is 0. The van der Waals surface area contributed by atoms with Crippen LogP contribution < -0.4 is 0 Å². The number of carbonyl (C=O) groups is 2. The molecule has 0 rings (SSSR count). The Bertz CT molecular complexity index is 203. The fourth-order valence-electron chi connectivity index (χ4n) is 0.666. The van der Waals surface area contributed by atoms with Crippen molar-refractivity contribution in [3.05, 3.63) is 7.43 Å². The highest BCUT2D eigenvalue weighted by atomic mass is 16.4. The first kappa shape index (κ1) is 16.2. The van der Waals surface area contributed by atoms with E-state index in [1.54, 1.807) is 0 Å². The van der Waals surface area contributed by atoms with E-state index in [9.17, 15) is 9.59 Å². The van der Waals surface area contributed by atoms with E-state index in [-0.39, 0.29) is 7.43 Å². The Morgan fingerprint density at radius 1 is 0.733 bits per heavy atom. The molecule has 0 amide bonds. The molecule has 4 atom stereocenters. The summed E-state index contributed by atoms with van der Waals surface area (Å²) in [6, 6.07) is 0. The van der Waals surface area contributed by atoms with Gasteiger partial charge in [-0.1, -0.05) is 0 Å². The Kier molecular flexibility index (Phi) is 6.81. The normalized spacial score (nSPS) is 18.1. The smallest absolute Gasteiger partial charge is 0.335 e. The molecular formula is C7H10O8. The molecule has 86 valence electrons. The molecule has 4 radical (unpaired) electrons. The Labute approximate surface area is 85.0 Å². The van der Waals surface area contributed by atoms with Crippen LogP contribution >= 0.6 is 0 Å². The van der Waals surface area contributed by atoms with E-state index in [2.05, 4.69) is 0 Å². The third kappa shape index (κ3) is 4.21. The van der Waals surface area contributed by atoms with Crippen molar-refractivity contribution in [2.45, 2.75) is 24.4 Å². The summed E-state index contributed by atoms with van der Waals surface area (Å²) in [6.07, 6.45) is -9.28. The van der Waals surface area contributed by atoms with Crippen molar-refractivity contribution in [2.75, 3.05) is 0 Å². The predicted octanol–water partition coefficient (Wildman–Crippen LogP) is -3.32. The zero-order valence-electron chi connectivity index (χ0n) is 7.31. The summed E-state index contributed by atoms with van der Waals surface area (Å²) in [5, 5.41) is 51.5. The number of rotatable bonds is 5. The Morgan fingerprint density at radius 3 is 1.07 bits per heavy atom. The number of hydrogen-bond donors (Lipinski definition) is 6. The molecule has 0 aliphatic rings. The van der Waals surface area contributed by atoms with Crippen molar-refractivity contribution in [1.82, 2.24) is 0 Å². The first-order chi connectivity index (χ1) is 6.29. The SMILES string of the molecule is O=C(O)[C@@H](O)[C@@H](O)[C@H](O)[C@@H](O)C(=O)O.[C]. The van der Waals surface area contributed by atoms with Gasteiger partial charge in [0.2, 0.25) is 0 Å². The van der Waals surface area contributed by atoms with Crippen molar-refractivity contribution in [1.29, 1.82) is 0 Å². The fraction of sp³-hybridized carbons (Fsp3) is 0.571. The molecule has 8 nitrogen and oxygen atoms in total. The van der Waals surface area contributed by atoms with Crippen LogP contribution in [0.15, 0.2) is 0 Å². The van der Waals surface area contributed by atoms with E-state index in [4.69, 9.17) is 30.6 Å². The van der Waals surface area contributed by atoms with Crippen molar-refractivity contribution in [2.24, 2.45) is 0 Å². The molecule has 0 aliphatic carbocycles. The van der Waals surface area contributed by atoms with Crippen LogP contribution in [0.4, 0.5) is 0 Å². The summed E-state index contributed by atoms with van der Waals surface area (Å²) >= 11 is 0. The predicted molar refractivity (Wildman–Crippen MR) is 42.5 cm³/mol. The number of aliphatic carboxylic acids is 2. The molecule has 0 saturated heterocycles. The standard InChI is InChI=1S/C6H10O8.C/c7-1(3(9)5(11)12)2(8)4(10)6(13)14;/h1-4,7-10H,(H,11,12)(H,13,14);/t1-,2-,3-,4+;/m0./s1. The highest BCUT2D eigenvalue weighted by Gasteiger charge is 2.37. The van der Waals surface area contributed by atoms with Gasteiger partial charge in [0.25, 0.3) is 0 Å². The van der Waals surface area contributed by atoms with E-state index >= 15 is 0 Å². The first-order valence-electron chi connectivity index (χ1n) is 3.47. The zero-order chi connectivity index (χ0) is 11.5. The van der Waals surface area contributed by atoms with Gasteiger partial charge in [0.05, 0.1) is 0 Å². The number of aliphatic hydroxyl groups is 4.